The van der Waals surface area contributed by atoms with E-state index in [0.29, 0.717) is 0 Å². The second-order valence-electron chi connectivity index (χ2n) is 17.5. The van der Waals surface area contributed by atoms with Gasteiger partial charge < -0.3 is 11.5 Å². The first-order valence-electron chi connectivity index (χ1n) is 23.9. The van der Waals surface area contributed by atoms with Crippen LogP contribution in [-0.4, -0.2) is 0 Å². The highest BCUT2D eigenvalue weighted by Crippen LogP contribution is 2.23. The van der Waals surface area contributed by atoms with Crippen molar-refractivity contribution in [2.75, 3.05) is 11.5 Å². The Bertz CT molecular complexity index is 1480. The molecule has 0 amide bonds. The molecule has 0 aromatic heterocycles. The van der Waals surface area contributed by atoms with Crippen molar-refractivity contribution in [3.05, 3.63) is 129 Å². The van der Waals surface area contributed by atoms with Crippen molar-refractivity contribution in [3.63, 3.8) is 0 Å². The van der Waals surface area contributed by atoms with E-state index in [-0.39, 0.29) is 0 Å². The van der Waals surface area contributed by atoms with Gasteiger partial charge in [-0.25, -0.2) is 0 Å². The van der Waals surface area contributed by atoms with Crippen LogP contribution in [0.3, 0.4) is 0 Å². The lowest BCUT2D eigenvalue weighted by molar-refractivity contribution is 0.545. The summed E-state index contributed by atoms with van der Waals surface area (Å²) in [6.45, 7) is 4.56. The van der Waals surface area contributed by atoms with E-state index in [0.717, 1.165) is 37.1 Å². The molecule has 57 heavy (non-hydrogen) atoms. The minimum atomic E-state index is 0.959. The summed E-state index contributed by atoms with van der Waals surface area (Å²) in [6.07, 6.45) is 37.7. The normalized spacial score (nSPS) is 11.4. The predicted molar refractivity (Wildman–Crippen MR) is 253 cm³/mol. The summed E-state index contributed by atoms with van der Waals surface area (Å²) in [4.78, 5) is 0. The van der Waals surface area contributed by atoms with Gasteiger partial charge in [0.25, 0.3) is 0 Å². The average Bonchev–Trinajstić information content (AvgIpc) is 3.22. The van der Waals surface area contributed by atoms with Gasteiger partial charge >= 0.3 is 0 Å². The molecule has 0 radical (unpaired) electrons. The summed E-state index contributed by atoms with van der Waals surface area (Å²) in [5.41, 5.74) is 25.8. The summed E-state index contributed by atoms with van der Waals surface area (Å²) in [5.74, 6) is 0. The summed E-state index contributed by atoms with van der Waals surface area (Å²) >= 11 is 0. The first-order chi connectivity index (χ1) is 28.0. The smallest absolute Gasteiger partial charge is 0.0346 e. The summed E-state index contributed by atoms with van der Waals surface area (Å²) in [5, 5.41) is 0. The van der Waals surface area contributed by atoms with Gasteiger partial charge in [-0.15, -0.1) is 0 Å². The Morgan fingerprint density at radius 2 is 0.544 bits per heavy atom. The zero-order valence-corrected chi connectivity index (χ0v) is 36.7. The second-order valence-corrected chi connectivity index (χ2v) is 17.5. The fourth-order valence-corrected chi connectivity index (χ4v) is 8.53. The van der Waals surface area contributed by atoms with Crippen molar-refractivity contribution in [2.45, 2.75) is 200 Å². The molecule has 0 aliphatic heterocycles. The monoisotopic (exact) mass is 771 g/mol. The molecule has 0 atom stereocenters. The van der Waals surface area contributed by atoms with Crippen LogP contribution in [-0.2, 0) is 38.5 Å². The van der Waals surface area contributed by atoms with Crippen LogP contribution in [0.5, 0.6) is 0 Å². The van der Waals surface area contributed by atoms with Crippen LogP contribution in [0.15, 0.2) is 84.9 Å². The third-order valence-electron chi connectivity index (χ3n) is 12.3. The van der Waals surface area contributed by atoms with Gasteiger partial charge in [0.05, 0.1) is 0 Å². The van der Waals surface area contributed by atoms with Gasteiger partial charge in [0.2, 0.25) is 0 Å². The van der Waals surface area contributed by atoms with Gasteiger partial charge in [0, 0.05) is 11.4 Å². The minimum Gasteiger partial charge on any atom is -0.399 e. The standard InChI is InChI=1S/C55H82N2/c1-3-5-7-9-20-24-28-52-44-50(38-40-54(52)56)42-48-34-30-46(31-35-48)26-22-18-16-14-12-11-13-15-17-19-23-27-47-32-36-49(37-33-47)43-51-39-41-55(57)53(45-51)29-25-21-10-8-6-4-2/h30-41,44-45H,3-29,42-43,56-57H2,1-2H3. The molecule has 2 nitrogen and oxygen atoms in total. The average molecular weight is 771 g/mol. The van der Waals surface area contributed by atoms with Gasteiger partial charge in [0.1, 0.15) is 0 Å². The van der Waals surface area contributed by atoms with E-state index in [1.54, 1.807) is 0 Å². The highest BCUT2D eigenvalue weighted by molar-refractivity contribution is 5.50. The maximum Gasteiger partial charge on any atom is 0.0346 e. The molecular weight excluding hydrogens is 689 g/mol. The van der Waals surface area contributed by atoms with Gasteiger partial charge in [-0.1, -0.05) is 209 Å². The van der Waals surface area contributed by atoms with Crippen LogP contribution < -0.4 is 11.5 Å². The van der Waals surface area contributed by atoms with Crippen LogP contribution in [0.1, 0.15) is 206 Å². The number of benzene rings is 4. The molecular formula is C55H82N2. The lowest BCUT2D eigenvalue weighted by Crippen LogP contribution is -1.98. The molecule has 312 valence electrons. The number of hydrogen-bond donors (Lipinski definition) is 2. The molecule has 0 fully saturated rings. The van der Waals surface area contributed by atoms with E-state index >= 15 is 0 Å². The summed E-state index contributed by atoms with van der Waals surface area (Å²) < 4.78 is 0. The Hall–Kier alpha value is -3.52. The maximum absolute atomic E-state index is 6.33. The van der Waals surface area contributed by atoms with Gasteiger partial charge in [-0.2, -0.15) is 0 Å². The van der Waals surface area contributed by atoms with E-state index in [1.165, 1.54) is 205 Å². The first kappa shape index (κ1) is 46.2. The third kappa shape index (κ3) is 19.7. The predicted octanol–water partition coefficient (Wildman–Crippen LogP) is 15.9. The Morgan fingerprint density at radius 3 is 0.877 bits per heavy atom. The highest BCUT2D eigenvalue weighted by atomic mass is 14.6. The number of aryl methyl sites for hydroxylation is 4. The van der Waals surface area contributed by atoms with Gasteiger partial charge in [0.15, 0.2) is 0 Å². The van der Waals surface area contributed by atoms with Crippen molar-refractivity contribution >= 4 is 11.4 Å². The van der Waals surface area contributed by atoms with Gasteiger partial charge in [-0.05, 0) is 121 Å². The van der Waals surface area contributed by atoms with Crippen LogP contribution in [0.4, 0.5) is 11.4 Å². The molecule has 0 saturated heterocycles. The third-order valence-corrected chi connectivity index (χ3v) is 12.3. The lowest BCUT2D eigenvalue weighted by atomic mass is 9.97. The maximum atomic E-state index is 6.33. The van der Waals surface area contributed by atoms with E-state index in [1.807, 2.05) is 0 Å². The molecule has 0 heterocycles. The topological polar surface area (TPSA) is 52.0 Å². The van der Waals surface area contributed by atoms with Crippen LogP contribution in [0, 0.1) is 0 Å². The Morgan fingerprint density at radius 1 is 0.281 bits per heavy atom. The number of rotatable bonds is 32. The van der Waals surface area contributed by atoms with E-state index in [9.17, 15) is 0 Å². The molecule has 4 aromatic rings. The van der Waals surface area contributed by atoms with Crippen LogP contribution in [0.25, 0.3) is 0 Å². The van der Waals surface area contributed by atoms with Crippen molar-refractivity contribution in [3.8, 4) is 0 Å². The van der Waals surface area contributed by atoms with Crippen LogP contribution in [0.2, 0.25) is 0 Å². The largest absolute Gasteiger partial charge is 0.399 e. The van der Waals surface area contributed by atoms with Crippen LogP contribution >= 0.6 is 0 Å². The number of anilines is 2. The number of hydrogen-bond acceptors (Lipinski definition) is 2. The van der Waals surface area contributed by atoms with Crippen molar-refractivity contribution in [1.82, 2.24) is 0 Å². The van der Waals surface area contributed by atoms with E-state index in [2.05, 4.69) is 98.8 Å². The highest BCUT2D eigenvalue weighted by Gasteiger charge is 2.06. The number of nitrogens with two attached hydrogens (primary N) is 2. The van der Waals surface area contributed by atoms with Crippen molar-refractivity contribution in [1.29, 1.82) is 0 Å². The Labute approximate surface area is 351 Å². The molecule has 4 rings (SSSR count). The SMILES string of the molecule is CCCCCCCCc1cc(Cc2ccc(CCCCCCCCCCCCCc3ccc(Cc4ccc(N)c(CCCCCCCC)c4)cc3)cc2)ccc1N. The second kappa shape index (κ2) is 28.8. The summed E-state index contributed by atoms with van der Waals surface area (Å²) in [6, 6.07) is 32.2. The van der Waals surface area contributed by atoms with E-state index in [4.69, 9.17) is 11.5 Å². The Balaban J connectivity index is 0.972. The molecule has 4 aromatic carbocycles. The minimum absolute atomic E-state index is 0.959. The quantitative estimate of drug-likeness (QED) is 0.0384. The Kier molecular flexibility index (Phi) is 23.3. The van der Waals surface area contributed by atoms with Crippen molar-refractivity contribution < 1.29 is 0 Å². The fraction of sp³-hybridized carbons (Fsp3) is 0.564. The molecule has 0 unspecified atom stereocenters. The van der Waals surface area contributed by atoms with Crippen molar-refractivity contribution in [2.24, 2.45) is 0 Å². The zero-order valence-electron chi connectivity index (χ0n) is 36.7. The number of nitrogen functional groups attached to an aromatic ring is 2. The molecule has 4 N–H and O–H groups in total. The zero-order chi connectivity index (χ0) is 40.2. The molecule has 0 aliphatic carbocycles. The fourth-order valence-electron chi connectivity index (χ4n) is 8.53. The molecule has 0 aliphatic rings. The molecule has 0 bridgehead atoms. The van der Waals surface area contributed by atoms with E-state index < -0.39 is 0 Å². The molecule has 0 saturated carbocycles. The lowest BCUT2D eigenvalue weighted by Gasteiger charge is -2.10. The summed E-state index contributed by atoms with van der Waals surface area (Å²) in [7, 11) is 0. The van der Waals surface area contributed by atoms with Gasteiger partial charge in [-0.3, -0.25) is 0 Å². The molecule has 2 heteroatoms. The number of unbranched alkanes of at least 4 members (excludes halogenated alkanes) is 20. The first-order valence-corrected chi connectivity index (χ1v) is 23.9. The molecule has 0 spiro atoms.